The maximum atomic E-state index is 13.7. The van der Waals surface area contributed by atoms with Gasteiger partial charge in [-0.15, -0.1) is 11.3 Å². The smallest absolute Gasteiger partial charge is 0.262 e. The fourth-order valence-corrected chi connectivity index (χ4v) is 5.47. The van der Waals surface area contributed by atoms with Gasteiger partial charge < -0.3 is 10.1 Å². The number of nitrogens with zero attached hydrogens (tertiary/aromatic N) is 4. The molecule has 4 aromatic rings. The molecule has 2 heterocycles. The number of ether oxygens (including phenoxy) is 1. The number of rotatable bonds is 6. The number of fused-ring (bicyclic) bond motifs is 1. The Kier molecular flexibility index (Phi) is 6.93. The van der Waals surface area contributed by atoms with Crippen molar-refractivity contribution < 1.29 is 22.3 Å². The molecule has 38 heavy (non-hydrogen) atoms. The molecule has 0 spiro atoms. The Morgan fingerprint density at radius 3 is 2.71 bits per heavy atom. The standard InChI is InChI=1S/C26H22FN5O4S2/c1-31(2)38(34,35)21-8-4-7-20(13-21)29-26-32(28-14-17-5-3-6-19(27)11-17)23(16-37-26)18-9-10-24-22(12-18)30-25(33)15-36-24/h3-14,16H,15H2,1-2H3,(H,30,33)/b28-14-,29-26?. The number of carbonyl (C=O) groups excluding carboxylic acids is 1. The van der Waals surface area contributed by atoms with Crippen LogP contribution in [-0.4, -0.2) is 50.2 Å². The first-order valence-electron chi connectivity index (χ1n) is 11.4. The molecule has 0 atom stereocenters. The predicted octanol–water partition coefficient (Wildman–Crippen LogP) is 4.05. The molecule has 5 rings (SSSR count). The molecule has 1 aliphatic rings. The lowest BCUT2D eigenvalue weighted by molar-refractivity contribution is -0.118. The van der Waals surface area contributed by atoms with Crippen LogP contribution < -0.4 is 14.9 Å². The van der Waals surface area contributed by atoms with E-state index in [1.165, 1.54) is 55.9 Å². The molecule has 0 saturated heterocycles. The van der Waals surface area contributed by atoms with Crippen molar-refractivity contribution in [3.05, 3.63) is 88.3 Å². The molecule has 3 aromatic carbocycles. The van der Waals surface area contributed by atoms with Gasteiger partial charge in [0.2, 0.25) is 14.8 Å². The number of aromatic nitrogens is 1. The number of thiazole rings is 1. The molecular weight excluding hydrogens is 529 g/mol. The Hall–Kier alpha value is -4.13. The van der Waals surface area contributed by atoms with Crippen molar-refractivity contribution in [3.63, 3.8) is 0 Å². The second-order valence-corrected chi connectivity index (χ2v) is 11.4. The summed E-state index contributed by atoms with van der Waals surface area (Å²) in [7, 11) is -0.717. The molecule has 0 radical (unpaired) electrons. The van der Waals surface area contributed by atoms with Gasteiger partial charge in [-0.25, -0.2) is 26.8 Å². The van der Waals surface area contributed by atoms with Crippen LogP contribution in [-0.2, 0) is 14.8 Å². The van der Waals surface area contributed by atoms with E-state index in [2.05, 4.69) is 15.4 Å². The van der Waals surface area contributed by atoms with Gasteiger partial charge in [-0.2, -0.15) is 5.10 Å². The number of carbonyl (C=O) groups is 1. The molecule has 9 nitrogen and oxygen atoms in total. The number of nitrogens with one attached hydrogen (secondary N) is 1. The molecule has 0 fully saturated rings. The number of anilines is 1. The average Bonchev–Trinajstić information content (AvgIpc) is 3.29. The molecule has 1 aromatic heterocycles. The summed E-state index contributed by atoms with van der Waals surface area (Å²) in [5.41, 5.74) is 2.88. The number of sulfonamides is 1. The van der Waals surface area contributed by atoms with E-state index in [0.29, 0.717) is 33.2 Å². The van der Waals surface area contributed by atoms with Gasteiger partial charge in [-0.1, -0.05) is 18.2 Å². The summed E-state index contributed by atoms with van der Waals surface area (Å²) in [6.07, 6.45) is 1.51. The van der Waals surface area contributed by atoms with Gasteiger partial charge in [-0.3, -0.25) is 4.79 Å². The molecule has 1 amide bonds. The molecule has 0 bridgehead atoms. The summed E-state index contributed by atoms with van der Waals surface area (Å²) in [4.78, 5) is 17.0. The van der Waals surface area contributed by atoms with Crippen molar-refractivity contribution >= 4 is 44.9 Å². The highest BCUT2D eigenvalue weighted by Gasteiger charge is 2.19. The van der Waals surface area contributed by atoms with Crippen LogP contribution in [0.1, 0.15) is 5.56 Å². The molecule has 1 N–H and O–H groups in total. The zero-order valence-corrected chi connectivity index (χ0v) is 22.0. The van der Waals surface area contributed by atoms with Crippen LogP contribution >= 0.6 is 11.3 Å². The lowest BCUT2D eigenvalue weighted by atomic mass is 10.1. The van der Waals surface area contributed by atoms with E-state index >= 15 is 0 Å². The Bertz CT molecular complexity index is 1740. The summed E-state index contributed by atoms with van der Waals surface area (Å²) >= 11 is 1.29. The fraction of sp³-hybridized carbons (Fsp3) is 0.115. The maximum absolute atomic E-state index is 13.7. The normalized spacial score (nSPS) is 14.0. The van der Waals surface area contributed by atoms with Crippen LogP contribution in [0.4, 0.5) is 15.8 Å². The topological polar surface area (TPSA) is 105 Å². The van der Waals surface area contributed by atoms with Gasteiger partial charge in [0.05, 0.1) is 28.2 Å². The Balaban J connectivity index is 1.64. The quantitative estimate of drug-likeness (QED) is 0.365. The molecule has 1 aliphatic heterocycles. The zero-order valence-electron chi connectivity index (χ0n) is 20.3. The zero-order chi connectivity index (χ0) is 26.9. The van der Waals surface area contributed by atoms with Gasteiger partial charge in [0.15, 0.2) is 6.61 Å². The van der Waals surface area contributed by atoms with Crippen molar-refractivity contribution in [2.45, 2.75) is 4.90 Å². The first-order valence-corrected chi connectivity index (χ1v) is 13.7. The highest BCUT2D eigenvalue weighted by Crippen LogP contribution is 2.33. The predicted molar refractivity (Wildman–Crippen MR) is 144 cm³/mol. The highest BCUT2D eigenvalue weighted by molar-refractivity contribution is 7.89. The SMILES string of the molecule is CN(C)S(=O)(=O)c1cccc(N=c2scc(-c3ccc4c(c3)NC(=O)CO4)n2/N=C\c2cccc(F)c2)c1. The first-order chi connectivity index (χ1) is 18.2. The van der Waals surface area contributed by atoms with Gasteiger partial charge >= 0.3 is 0 Å². The van der Waals surface area contributed by atoms with Crippen LogP contribution in [0.2, 0.25) is 0 Å². The van der Waals surface area contributed by atoms with E-state index in [1.54, 1.807) is 41.1 Å². The van der Waals surface area contributed by atoms with Gasteiger partial charge in [0.25, 0.3) is 5.91 Å². The third-order valence-corrected chi connectivity index (χ3v) is 8.21. The molecule has 194 valence electrons. The molecule has 0 unspecified atom stereocenters. The number of amides is 1. The van der Waals surface area contributed by atoms with Crippen molar-refractivity contribution in [2.24, 2.45) is 10.1 Å². The maximum Gasteiger partial charge on any atom is 0.262 e. The number of hydrogen-bond acceptors (Lipinski definition) is 7. The Morgan fingerprint density at radius 2 is 1.92 bits per heavy atom. The molecule has 0 saturated carbocycles. The van der Waals surface area contributed by atoms with E-state index in [9.17, 15) is 17.6 Å². The van der Waals surface area contributed by atoms with Crippen LogP contribution in [0.3, 0.4) is 0 Å². The van der Waals surface area contributed by atoms with E-state index in [1.807, 2.05) is 11.4 Å². The fourth-order valence-electron chi connectivity index (χ4n) is 3.68. The number of benzene rings is 3. The molecule has 0 aliphatic carbocycles. The van der Waals surface area contributed by atoms with E-state index in [4.69, 9.17) is 4.74 Å². The van der Waals surface area contributed by atoms with Crippen molar-refractivity contribution in [1.29, 1.82) is 0 Å². The molecular formula is C26H22FN5O4S2. The van der Waals surface area contributed by atoms with Crippen molar-refractivity contribution in [1.82, 2.24) is 8.98 Å². The summed E-state index contributed by atoms with van der Waals surface area (Å²) in [6, 6.07) is 17.7. The largest absolute Gasteiger partial charge is 0.482 e. The minimum absolute atomic E-state index is 0.0473. The third kappa shape index (κ3) is 5.28. The summed E-state index contributed by atoms with van der Waals surface area (Å²) < 4.78 is 47.1. The molecule has 12 heteroatoms. The van der Waals surface area contributed by atoms with E-state index in [0.717, 1.165) is 9.87 Å². The summed E-state index contributed by atoms with van der Waals surface area (Å²) in [5, 5.41) is 9.21. The van der Waals surface area contributed by atoms with E-state index in [-0.39, 0.29) is 17.4 Å². The Morgan fingerprint density at radius 1 is 1.11 bits per heavy atom. The number of halogens is 1. The van der Waals surface area contributed by atoms with Crippen LogP contribution in [0.25, 0.3) is 11.3 Å². The number of hydrogen-bond donors (Lipinski definition) is 1. The second-order valence-electron chi connectivity index (χ2n) is 8.46. The third-order valence-electron chi connectivity index (χ3n) is 5.59. The van der Waals surface area contributed by atoms with E-state index < -0.39 is 15.8 Å². The average molecular weight is 552 g/mol. The lowest BCUT2D eigenvalue weighted by Gasteiger charge is -2.18. The minimum Gasteiger partial charge on any atom is -0.482 e. The van der Waals surface area contributed by atoms with Gasteiger partial charge in [0, 0.05) is 25.0 Å². The highest BCUT2D eigenvalue weighted by atomic mass is 32.2. The van der Waals surface area contributed by atoms with Crippen LogP contribution in [0, 0.1) is 5.82 Å². The van der Waals surface area contributed by atoms with Crippen LogP contribution in [0.5, 0.6) is 5.75 Å². The first kappa shape index (κ1) is 25.5. The summed E-state index contributed by atoms with van der Waals surface area (Å²) in [5.74, 6) is -0.0822. The Labute approximate surface area is 222 Å². The monoisotopic (exact) mass is 551 g/mol. The van der Waals surface area contributed by atoms with Gasteiger partial charge in [0.1, 0.15) is 11.6 Å². The van der Waals surface area contributed by atoms with Gasteiger partial charge in [-0.05, 0) is 54.1 Å². The minimum atomic E-state index is -3.64. The second kappa shape index (κ2) is 10.3. The van der Waals surface area contributed by atoms with Crippen LogP contribution in [0.15, 0.2) is 87.1 Å². The van der Waals surface area contributed by atoms with Crippen molar-refractivity contribution in [3.8, 4) is 17.0 Å². The summed E-state index contributed by atoms with van der Waals surface area (Å²) in [6.45, 7) is -0.0473. The van der Waals surface area contributed by atoms with Crippen molar-refractivity contribution in [2.75, 3.05) is 26.0 Å². The lowest BCUT2D eigenvalue weighted by Crippen LogP contribution is -2.25.